The van der Waals surface area contributed by atoms with E-state index < -0.39 is 0 Å². The minimum Gasteiger partial charge on any atom is -0.369 e. The molecule has 1 aliphatic rings. The Morgan fingerprint density at radius 3 is 2.27 bits per heavy atom. The lowest BCUT2D eigenvalue weighted by molar-refractivity contribution is -0.122. The molecule has 0 unspecified atom stereocenters. The maximum atomic E-state index is 10.8. The zero-order valence-corrected chi connectivity index (χ0v) is 7.18. The Morgan fingerprint density at radius 1 is 1.36 bits per heavy atom. The fraction of sp³-hybridized carbons (Fsp3) is 0.889. The quantitative estimate of drug-likeness (QED) is 0.648. The topological polar surface area (TPSA) is 43.1 Å². The molecule has 0 spiro atoms. The summed E-state index contributed by atoms with van der Waals surface area (Å²) in [6.07, 6.45) is 5.70. The van der Waals surface area contributed by atoms with Gasteiger partial charge in [-0.05, 0) is 31.6 Å². The Labute approximate surface area is 68.2 Å². The summed E-state index contributed by atoms with van der Waals surface area (Å²) < 4.78 is 0. The zero-order chi connectivity index (χ0) is 8.27. The average molecular weight is 155 g/mol. The molecule has 2 N–H and O–H groups in total. The van der Waals surface area contributed by atoms with Gasteiger partial charge in [-0.2, -0.15) is 0 Å². The van der Waals surface area contributed by atoms with Crippen LogP contribution < -0.4 is 5.73 Å². The van der Waals surface area contributed by atoms with Crippen molar-refractivity contribution in [2.75, 3.05) is 0 Å². The van der Waals surface area contributed by atoms with Crippen LogP contribution in [0.25, 0.3) is 0 Å². The van der Waals surface area contributed by atoms with Crippen LogP contribution in [-0.4, -0.2) is 5.91 Å². The summed E-state index contributed by atoms with van der Waals surface area (Å²) in [4.78, 5) is 10.8. The predicted octanol–water partition coefficient (Wildman–Crippen LogP) is 1.69. The lowest BCUT2D eigenvalue weighted by Gasteiger charge is -2.25. The number of primary amides is 1. The number of nitrogens with two attached hydrogens (primary N) is 1. The van der Waals surface area contributed by atoms with Gasteiger partial charge in [0.25, 0.3) is 0 Å². The van der Waals surface area contributed by atoms with Gasteiger partial charge in [0.05, 0.1) is 0 Å². The molecule has 2 heteroatoms. The van der Waals surface area contributed by atoms with Crippen molar-refractivity contribution in [2.45, 2.75) is 39.0 Å². The maximum absolute atomic E-state index is 10.8. The molecule has 2 nitrogen and oxygen atoms in total. The SMILES string of the molecule is CC[C@H]1CC[C@@H](C(N)=O)CC1. The monoisotopic (exact) mass is 155 g/mol. The third-order valence-electron chi connectivity index (χ3n) is 2.83. The van der Waals surface area contributed by atoms with E-state index in [1.165, 1.54) is 19.3 Å². The highest BCUT2D eigenvalue weighted by atomic mass is 16.1. The van der Waals surface area contributed by atoms with Gasteiger partial charge in [0.2, 0.25) is 5.91 Å². The molecule has 1 aliphatic carbocycles. The summed E-state index contributed by atoms with van der Waals surface area (Å²) in [7, 11) is 0. The van der Waals surface area contributed by atoms with E-state index >= 15 is 0 Å². The second kappa shape index (κ2) is 3.74. The summed E-state index contributed by atoms with van der Waals surface area (Å²) in [6, 6.07) is 0. The number of carbonyl (C=O) groups excluding carboxylic acids is 1. The summed E-state index contributed by atoms with van der Waals surface area (Å²) in [5, 5.41) is 0. The van der Waals surface area contributed by atoms with Crippen molar-refractivity contribution in [3.05, 3.63) is 0 Å². The van der Waals surface area contributed by atoms with E-state index in [1.807, 2.05) is 0 Å². The molecule has 0 heterocycles. The second-order valence-electron chi connectivity index (χ2n) is 3.53. The first kappa shape index (κ1) is 8.57. The van der Waals surface area contributed by atoms with Gasteiger partial charge in [-0.3, -0.25) is 4.79 Å². The van der Waals surface area contributed by atoms with Crippen LogP contribution in [0.4, 0.5) is 0 Å². The largest absolute Gasteiger partial charge is 0.369 e. The van der Waals surface area contributed by atoms with E-state index in [0.717, 1.165) is 18.8 Å². The first-order chi connectivity index (χ1) is 5.24. The van der Waals surface area contributed by atoms with Crippen molar-refractivity contribution in [2.24, 2.45) is 17.6 Å². The van der Waals surface area contributed by atoms with Crippen LogP contribution in [0.1, 0.15) is 39.0 Å². The molecule has 1 rings (SSSR count). The van der Waals surface area contributed by atoms with Crippen LogP contribution in [0.5, 0.6) is 0 Å². The second-order valence-corrected chi connectivity index (χ2v) is 3.53. The van der Waals surface area contributed by atoms with Gasteiger partial charge in [0, 0.05) is 5.92 Å². The highest BCUT2D eigenvalue weighted by Gasteiger charge is 2.23. The predicted molar refractivity (Wildman–Crippen MR) is 44.9 cm³/mol. The first-order valence-electron chi connectivity index (χ1n) is 4.53. The van der Waals surface area contributed by atoms with Crippen LogP contribution in [0.2, 0.25) is 0 Å². The molecule has 11 heavy (non-hydrogen) atoms. The third kappa shape index (κ3) is 2.21. The molecule has 0 saturated heterocycles. The van der Waals surface area contributed by atoms with Gasteiger partial charge >= 0.3 is 0 Å². The lowest BCUT2D eigenvalue weighted by atomic mass is 9.81. The molecule has 0 radical (unpaired) electrons. The summed E-state index contributed by atoms with van der Waals surface area (Å²) in [5.41, 5.74) is 5.22. The fourth-order valence-electron chi connectivity index (χ4n) is 1.86. The molecule has 64 valence electrons. The Hall–Kier alpha value is -0.530. The van der Waals surface area contributed by atoms with Crippen LogP contribution in [0, 0.1) is 11.8 Å². The molecular formula is C9H17NO. The van der Waals surface area contributed by atoms with Crippen molar-refractivity contribution < 1.29 is 4.79 Å². The number of rotatable bonds is 2. The fourth-order valence-corrected chi connectivity index (χ4v) is 1.86. The molecule has 0 atom stereocenters. The van der Waals surface area contributed by atoms with Gasteiger partial charge in [0.1, 0.15) is 0 Å². The van der Waals surface area contributed by atoms with Crippen LogP contribution in [-0.2, 0) is 4.79 Å². The summed E-state index contributed by atoms with van der Waals surface area (Å²) in [5.74, 6) is 0.933. The van der Waals surface area contributed by atoms with Gasteiger partial charge < -0.3 is 5.73 Å². The van der Waals surface area contributed by atoms with Crippen LogP contribution in [0.3, 0.4) is 0 Å². The average Bonchev–Trinajstić information content (AvgIpc) is 2.05. The molecular weight excluding hydrogens is 138 g/mol. The standard InChI is InChI=1S/C9H17NO/c1-2-7-3-5-8(6-4-7)9(10)11/h7-8H,2-6H2,1H3,(H2,10,11)/t7-,8+. The molecule has 0 aliphatic heterocycles. The van der Waals surface area contributed by atoms with Gasteiger partial charge in [0.15, 0.2) is 0 Å². The lowest BCUT2D eigenvalue weighted by Crippen LogP contribution is -2.27. The van der Waals surface area contributed by atoms with E-state index in [9.17, 15) is 4.79 Å². The number of hydrogen-bond acceptors (Lipinski definition) is 1. The Morgan fingerprint density at radius 2 is 1.91 bits per heavy atom. The van der Waals surface area contributed by atoms with E-state index in [-0.39, 0.29) is 11.8 Å². The maximum Gasteiger partial charge on any atom is 0.220 e. The minimum atomic E-state index is -0.0976. The number of carbonyl (C=O) groups is 1. The smallest absolute Gasteiger partial charge is 0.220 e. The molecule has 0 aromatic heterocycles. The third-order valence-corrected chi connectivity index (χ3v) is 2.83. The molecule has 0 aromatic rings. The van der Waals surface area contributed by atoms with Gasteiger partial charge in [-0.25, -0.2) is 0 Å². The normalized spacial score (nSPS) is 31.7. The summed E-state index contributed by atoms with van der Waals surface area (Å²) in [6.45, 7) is 2.22. The van der Waals surface area contributed by atoms with E-state index in [0.29, 0.717) is 0 Å². The summed E-state index contributed by atoms with van der Waals surface area (Å²) >= 11 is 0. The van der Waals surface area contributed by atoms with Crippen molar-refractivity contribution in [1.29, 1.82) is 0 Å². The molecule has 0 bridgehead atoms. The molecule has 0 aromatic carbocycles. The van der Waals surface area contributed by atoms with Gasteiger partial charge in [-0.1, -0.05) is 13.3 Å². The van der Waals surface area contributed by atoms with Crippen molar-refractivity contribution in [1.82, 2.24) is 0 Å². The van der Waals surface area contributed by atoms with Crippen LogP contribution in [0.15, 0.2) is 0 Å². The van der Waals surface area contributed by atoms with Gasteiger partial charge in [-0.15, -0.1) is 0 Å². The Bertz CT molecular complexity index is 136. The molecule has 1 saturated carbocycles. The van der Waals surface area contributed by atoms with Crippen molar-refractivity contribution >= 4 is 5.91 Å². The van der Waals surface area contributed by atoms with Crippen molar-refractivity contribution in [3.63, 3.8) is 0 Å². The molecule has 1 fully saturated rings. The number of hydrogen-bond donors (Lipinski definition) is 1. The first-order valence-corrected chi connectivity index (χ1v) is 4.53. The minimum absolute atomic E-state index is 0.0976. The highest BCUT2D eigenvalue weighted by Crippen LogP contribution is 2.30. The Balaban J connectivity index is 2.30. The highest BCUT2D eigenvalue weighted by molar-refractivity contribution is 5.76. The number of amides is 1. The zero-order valence-electron chi connectivity index (χ0n) is 7.18. The van der Waals surface area contributed by atoms with Crippen molar-refractivity contribution in [3.8, 4) is 0 Å². The van der Waals surface area contributed by atoms with E-state index in [4.69, 9.17) is 5.73 Å². The molecule has 1 amide bonds. The Kier molecular flexibility index (Phi) is 2.92. The van der Waals surface area contributed by atoms with E-state index in [2.05, 4.69) is 6.92 Å². The van der Waals surface area contributed by atoms with Crippen LogP contribution >= 0.6 is 0 Å². The van der Waals surface area contributed by atoms with E-state index in [1.54, 1.807) is 0 Å².